The lowest BCUT2D eigenvalue weighted by Crippen LogP contribution is -2.39. The molecule has 2 heterocycles. The Morgan fingerprint density at radius 1 is 1.18 bits per heavy atom. The first-order chi connectivity index (χ1) is 10.8. The fourth-order valence-corrected chi connectivity index (χ4v) is 3.45. The molecule has 4 nitrogen and oxygen atoms in total. The third kappa shape index (κ3) is 2.40. The number of aryl methyl sites for hydroxylation is 1. The van der Waals surface area contributed by atoms with Gasteiger partial charge in [-0.3, -0.25) is 0 Å². The summed E-state index contributed by atoms with van der Waals surface area (Å²) < 4.78 is 2.02. The van der Waals surface area contributed by atoms with E-state index < -0.39 is 0 Å². The topological polar surface area (TPSA) is 42.7 Å². The summed E-state index contributed by atoms with van der Waals surface area (Å²) in [7, 11) is 0. The molecule has 2 atom stereocenters. The molecule has 0 fully saturated rings. The summed E-state index contributed by atoms with van der Waals surface area (Å²) in [4.78, 5) is 4.29. The van der Waals surface area contributed by atoms with Crippen molar-refractivity contribution in [3.63, 3.8) is 0 Å². The van der Waals surface area contributed by atoms with Crippen molar-refractivity contribution < 1.29 is 0 Å². The van der Waals surface area contributed by atoms with Crippen LogP contribution in [0.4, 0.5) is 0 Å². The Morgan fingerprint density at radius 3 is 3.00 bits per heavy atom. The molecule has 1 N–H and O–H groups in total. The SMILES string of the molecule is C[C@@H](N[C@@H]1CCc2ncnn2C1)c1cccc2ccccc12. The summed E-state index contributed by atoms with van der Waals surface area (Å²) in [5, 5.41) is 10.7. The zero-order valence-corrected chi connectivity index (χ0v) is 12.7. The lowest BCUT2D eigenvalue weighted by atomic mass is 9.98. The number of hydrogen-bond acceptors (Lipinski definition) is 3. The summed E-state index contributed by atoms with van der Waals surface area (Å²) in [6.45, 7) is 3.16. The molecule has 0 amide bonds. The van der Waals surface area contributed by atoms with Crippen LogP contribution in [0, 0.1) is 0 Å². The van der Waals surface area contributed by atoms with Crippen LogP contribution in [0.2, 0.25) is 0 Å². The maximum absolute atomic E-state index is 4.30. The quantitative estimate of drug-likeness (QED) is 0.806. The zero-order valence-electron chi connectivity index (χ0n) is 12.7. The molecule has 0 unspecified atom stereocenters. The predicted molar refractivity (Wildman–Crippen MR) is 87.6 cm³/mol. The fourth-order valence-electron chi connectivity index (χ4n) is 3.45. The number of hydrogen-bond donors (Lipinski definition) is 1. The summed E-state index contributed by atoms with van der Waals surface area (Å²) in [5.74, 6) is 1.11. The highest BCUT2D eigenvalue weighted by Crippen LogP contribution is 2.25. The molecule has 0 saturated carbocycles. The van der Waals surface area contributed by atoms with Gasteiger partial charge < -0.3 is 5.32 Å². The number of nitrogens with zero attached hydrogens (tertiary/aromatic N) is 3. The van der Waals surface area contributed by atoms with E-state index in [9.17, 15) is 0 Å². The van der Waals surface area contributed by atoms with E-state index >= 15 is 0 Å². The monoisotopic (exact) mass is 292 g/mol. The van der Waals surface area contributed by atoms with Crippen molar-refractivity contribution in [1.29, 1.82) is 0 Å². The Labute approximate surface area is 130 Å². The van der Waals surface area contributed by atoms with Gasteiger partial charge in [0.15, 0.2) is 0 Å². The molecule has 112 valence electrons. The Kier molecular flexibility index (Phi) is 3.39. The van der Waals surface area contributed by atoms with E-state index in [1.165, 1.54) is 16.3 Å². The second kappa shape index (κ2) is 5.54. The summed E-state index contributed by atoms with van der Waals surface area (Å²) in [6.07, 6.45) is 3.78. The summed E-state index contributed by atoms with van der Waals surface area (Å²) >= 11 is 0. The largest absolute Gasteiger partial charge is 0.306 e. The third-order valence-electron chi connectivity index (χ3n) is 4.58. The van der Waals surface area contributed by atoms with Crippen molar-refractivity contribution in [2.75, 3.05) is 0 Å². The molecule has 4 rings (SSSR count). The van der Waals surface area contributed by atoms with Crippen molar-refractivity contribution >= 4 is 10.8 Å². The first-order valence-electron chi connectivity index (χ1n) is 7.91. The number of benzene rings is 2. The van der Waals surface area contributed by atoms with Gasteiger partial charge >= 0.3 is 0 Å². The maximum Gasteiger partial charge on any atom is 0.138 e. The van der Waals surface area contributed by atoms with Crippen molar-refractivity contribution in [2.45, 2.75) is 38.4 Å². The molecule has 1 aliphatic rings. The van der Waals surface area contributed by atoms with Gasteiger partial charge in [0, 0.05) is 18.5 Å². The van der Waals surface area contributed by atoms with Crippen molar-refractivity contribution in [2.24, 2.45) is 0 Å². The van der Waals surface area contributed by atoms with Gasteiger partial charge in [0.25, 0.3) is 0 Å². The van der Waals surface area contributed by atoms with E-state index in [0.717, 1.165) is 25.2 Å². The Hall–Kier alpha value is -2.20. The lowest BCUT2D eigenvalue weighted by molar-refractivity contribution is 0.335. The zero-order chi connectivity index (χ0) is 14.9. The van der Waals surface area contributed by atoms with Gasteiger partial charge in [-0.1, -0.05) is 42.5 Å². The molecule has 0 spiro atoms. The van der Waals surface area contributed by atoms with Crippen LogP contribution in [0.3, 0.4) is 0 Å². The van der Waals surface area contributed by atoms with Crippen LogP contribution in [0.1, 0.15) is 30.8 Å². The van der Waals surface area contributed by atoms with E-state index in [1.807, 2.05) is 4.68 Å². The molecule has 0 saturated heterocycles. The van der Waals surface area contributed by atoms with E-state index in [-0.39, 0.29) is 0 Å². The lowest BCUT2D eigenvalue weighted by Gasteiger charge is -2.27. The van der Waals surface area contributed by atoms with Crippen LogP contribution in [0.5, 0.6) is 0 Å². The van der Waals surface area contributed by atoms with E-state index in [4.69, 9.17) is 0 Å². The number of fused-ring (bicyclic) bond motifs is 2. The normalized spacial score (nSPS) is 19.0. The predicted octanol–water partition coefficient (Wildman–Crippen LogP) is 3.10. The van der Waals surface area contributed by atoms with Gasteiger partial charge in [-0.05, 0) is 29.7 Å². The molecular formula is C18H20N4. The van der Waals surface area contributed by atoms with Crippen LogP contribution < -0.4 is 5.32 Å². The molecule has 1 aliphatic heterocycles. The van der Waals surface area contributed by atoms with Crippen LogP contribution >= 0.6 is 0 Å². The Bertz CT molecular complexity index is 787. The Balaban J connectivity index is 1.56. The number of rotatable bonds is 3. The first kappa shape index (κ1) is 13.5. The first-order valence-corrected chi connectivity index (χ1v) is 7.91. The van der Waals surface area contributed by atoms with Gasteiger partial charge in [-0.2, -0.15) is 5.10 Å². The number of aromatic nitrogens is 3. The molecule has 0 radical (unpaired) electrons. The van der Waals surface area contributed by atoms with Gasteiger partial charge in [0.1, 0.15) is 12.2 Å². The molecule has 0 aliphatic carbocycles. The molecular weight excluding hydrogens is 272 g/mol. The minimum atomic E-state index is 0.321. The van der Waals surface area contributed by atoms with E-state index in [0.29, 0.717) is 12.1 Å². The summed E-state index contributed by atoms with van der Waals surface area (Å²) in [6, 6.07) is 15.9. The molecule has 2 aromatic carbocycles. The number of nitrogens with one attached hydrogen (secondary N) is 1. The second-order valence-corrected chi connectivity index (χ2v) is 6.05. The van der Waals surface area contributed by atoms with Crippen LogP contribution in [-0.4, -0.2) is 20.8 Å². The molecule has 3 aromatic rings. The summed E-state index contributed by atoms with van der Waals surface area (Å²) in [5.41, 5.74) is 1.36. The van der Waals surface area contributed by atoms with Crippen molar-refractivity contribution in [3.8, 4) is 0 Å². The molecule has 1 aromatic heterocycles. The maximum atomic E-state index is 4.30. The highest BCUT2D eigenvalue weighted by Gasteiger charge is 2.21. The van der Waals surface area contributed by atoms with Gasteiger partial charge in [-0.15, -0.1) is 0 Å². The molecule has 22 heavy (non-hydrogen) atoms. The highest BCUT2D eigenvalue weighted by atomic mass is 15.3. The second-order valence-electron chi connectivity index (χ2n) is 6.05. The van der Waals surface area contributed by atoms with Crippen LogP contribution in [0.25, 0.3) is 10.8 Å². The van der Waals surface area contributed by atoms with Gasteiger partial charge in [-0.25, -0.2) is 9.67 Å². The minimum absolute atomic E-state index is 0.321. The standard InChI is InChI=1S/C18H20N4/c1-13(16-8-4-6-14-5-2-3-7-17(14)16)21-15-9-10-18-19-12-20-22(18)11-15/h2-8,12-13,15,21H,9-11H2,1H3/t13-,15-/m1/s1. The Morgan fingerprint density at radius 2 is 2.05 bits per heavy atom. The highest BCUT2D eigenvalue weighted by molar-refractivity contribution is 5.86. The van der Waals surface area contributed by atoms with E-state index in [2.05, 4.69) is 64.8 Å². The van der Waals surface area contributed by atoms with Gasteiger partial charge in [0.05, 0.1) is 6.54 Å². The average molecular weight is 292 g/mol. The molecule has 0 bridgehead atoms. The smallest absolute Gasteiger partial charge is 0.138 e. The van der Waals surface area contributed by atoms with E-state index in [1.54, 1.807) is 6.33 Å². The van der Waals surface area contributed by atoms with Crippen molar-refractivity contribution in [3.05, 3.63) is 60.2 Å². The third-order valence-corrected chi connectivity index (χ3v) is 4.58. The van der Waals surface area contributed by atoms with Crippen LogP contribution in [0.15, 0.2) is 48.8 Å². The average Bonchev–Trinajstić information content (AvgIpc) is 3.02. The van der Waals surface area contributed by atoms with Crippen LogP contribution in [-0.2, 0) is 13.0 Å². The molecule has 4 heteroatoms. The fraction of sp³-hybridized carbons (Fsp3) is 0.333. The minimum Gasteiger partial charge on any atom is -0.306 e. The van der Waals surface area contributed by atoms with Gasteiger partial charge in [0.2, 0.25) is 0 Å². The van der Waals surface area contributed by atoms with Crippen molar-refractivity contribution in [1.82, 2.24) is 20.1 Å².